The molecule has 1 aromatic rings. The summed E-state index contributed by atoms with van der Waals surface area (Å²) < 4.78 is 4.87. The van der Waals surface area contributed by atoms with E-state index in [1.54, 1.807) is 45.1 Å². The van der Waals surface area contributed by atoms with E-state index in [9.17, 15) is 9.59 Å². The lowest BCUT2D eigenvalue weighted by Gasteiger charge is -2.20. The second-order valence-corrected chi connectivity index (χ2v) is 4.27. The lowest BCUT2D eigenvalue weighted by molar-refractivity contribution is -0.127. The third-order valence-corrected chi connectivity index (χ3v) is 2.52. The molecule has 0 spiro atoms. The Morgan fingerprint density at radius 2 is 1.95 bits per heavy atom. The summed E-state index contributed by atoms with van der Waals surface area (Å²) in [6.45, 7) is 2.32. The van der Waals surface area contributed by atoms with Crippen LogP contribution in [0, 0.1) is 0 Å². The van der Waals surface area contributed by atoms with Crippen LogP contribution in [0.4, 0.5) is 5.82 Å². The molecule has 0 saturated heterocycles. The molecule has 0 aromatic carbocycles. The van der Waals surface area contributed by atoms with Crippen molar-refractivity contribution in [3.05, 3.63) is 23.9 Å². The quantitative estimate of drug-likeness (QED) is 0.736. The molecule has 0 aliphatic rings. The Bertz CT molecular complexity index is 443. The van der Waals surface area contributed by atoms with Crippen LogP contribution in [0.2, 0.25) is 0 Å². The molecule has 0 N–H and O–H groups in total. The number of pyridine rings is 1. The van der Waals surface area contributed by atoms with Gasteiger partial charge in [-0.25, -0.2) is 9.78 Å². The standard InChI is InChI=1S/C13H19N3O3/c1-5-19-13(18)10-6-7-11(14-8-10)16(4)9-12(17)15(2)3/h6-8H,5,9H2,1-4H3. The first-order valence-electron chi connectivity index (χ1n) is 6.00. The number of carbonyl (C=O) groups excluding carboxylic acids is 2. The topological polar surface area (TPSA) is 62.7 Å². The number of esters is 1. The molecule has 6 heteroatoms. The van der Waals surface area contributed by atoms with E-state index in [0.29, 0.717) is 18.0 Å². The van der Waals surface area contributed by atoms with E-state index in [-0.39, 0.29) is 12.5 Å². The minimum absolute atomic E-state index is 0.0150. The number of rotatable bonds is 5. The molecule has 1 rings (SSSR count). The van der Waals surface area contributed by atoms with Crippen LogP contribution in [0.15, 0.2) is 18.3 Å². The maximum atomic E-state index is 11.6. The average molecular weight is 265 g/mol. The van der Waals surface area contributed by atoms with Crippen LogP contribution < -0.4 is 4.90 Å². The molecular weight excluding hydrogens is 246 g/mol. The van der Waals surface area contributed by atoms with E-state index in [2.05, 4.69) is 4.98 Å². The Balaban J connectivity index is 2.70. The molecule has 0 fully saturated rings. The maximum Gasteiger partial charge on any atom is 0.339 e. The first kappa shape index (κ1) is 14.9. The lowest BCUT2D eigenvalue weighted by atomic mass is 10.3. The molecule has 1 aromatic heterocycles. The van der Waals surface area contributed by atoms with Crippen molar-refractivity contribution >= 4 is 17.7 Å². The second kappa shape index (κ2) is 6.72. The van der Waals surface area contributed by atoms with Gasteiger partial charge in [0.2, 0.25) is 5.91 Å². The van der Waals surface area contributed by atoms with Gasteiger partial charge >= 0.3 is 5.97 Å². The minimum Gasteiger partial charge on any atom is -0.462 e. The molecule has 19 heavy (non-hydrogen) atoms. The fourth-order valence-corrected chi connectivity index (χ4v) is 1.37. The van der Waals surface area contributed by atoms with E-state index in [1.807, 2.05) is 0 Å². The molecule has 0 saturated carbocycles. The smallest absolute Gasteiger partial charge is 0.339 e. The number of hydrogen-bond acceptors (Lipinski definition) is 5. The Morgan fingerprint density at radius 3 is 2.42 bits per heavy atom. The number of anilines is 1. The highest BCUT2D eigenvalue weighted by atomic mass is 16.5. The van der Waals surface area contributed by atoms with Crippen molar-refractivity contribution in [2.75, 3.05) is 39.2 Å². The normalized spacial score (nSPS) is 9.89. The highest BCUT2D eigenvalue weighted by Crippen LogP contribution is 2.10. The van der Waals surface area contributed by atoms with Crippen LogP contribution >= 0.6 is 0 Å². The molecule has 0 unspecified atom stereocenters. The van der Waals surface area contributed by atoms with Gasteiger partial charge in [-0.15, -0.1) is 0 Å². The highest BCUT2D eigenvalue weighted by Gasteiger charge is 2.11. The van der Waals surface area contributed by atoms with Crippen molar-refractivity contribution in [1.29, 1.82) is 0 Å². The van der Waals surface area contributed by atoms with E-state index in [4.69, 9.17) is 4.74 Å². The highest BCUT2D eigenvalue weighted by molar-refractivity contribution is 5.89. The van der Waals surface area contributed by atoms with E-state index in [1.165, 1.54) is 11.1 Å². The van der Waals surface area contributed by atoms with E-state index >= 15 is 0 Å². The van der Waals surface area contributed by atoms with Gasteiger partial charge < -0.3 is 14.5 Å². The van der Waals surface area contributed by atoms with Crippen molar-refractivity contribution in [2.45, 2.75) is 6.92 Å². The molecule has 0 aliphatic carbocycles. The van der Waals surface area contributed by atoms with Crippen LogP contribution in [0.25, 0.3) is 0 Å². The summed E-state index contributed by atoms with van der Waals surface area (Å²) in [7, 11) is 5.18. The van der Waals surface area contributed by atoms with Gasteiger partial charge in [0.15, 0.2) is 0 Å². The molecule has 0 bridgehead atoms. The van der Waals surface area contributed by atoms with Gasteiger partial charge in [0.25, 0.3) is 0 Å². The minimum atomic E-state index is -0.395. The number of hydrogen-bond donors (Lipinski definition) is 0. The largest absolute Gasteiger partial charge is 0.462 e. The summed E-state index contributed by atoms with van der Waals surface area (Å²) in [6, 6.07) is 3.33. The Morgan fingerprint density at radius 1 is 1.26 bits per heavy atom. The predicted octanol–water partition coefficient (Wildman–Crippen LogP) is 0.783. The number of amides is 1. The molecule has 104 valence electrons. The van der Waals surface area contributed by atoms with Crippen LogP contribution in [0.1, 0.15) is 17.3 Å². The Hall–Kier alpha value is -2.11. The second-order valence-electron chi connectivity index (χ2n) is 4.27. The zero-order valence-electron chi connectivity index (χ0n) is 11.7. The van der Waals surface area contributed by atoms with Gasteiger partial charge in [0, 0.05) is 27.3 Å². The van der Waals surface area contributed by atoms with Gasteiger partial charge in [-0.05, 0) is 19.1 Å². The van der Waals surface area contributed by atoms with Crippen molar-refractivity contribution in [3.63, 3.8) is 0 Å². The predicted molar refractivity (Wildman–Crippen MR) is 72.2 cm³/mol. The van der Waals surface area contributed by atoms with Crippen molar-refractivity contribution in [1.82, 2.24) is 9.88 Å². The van der Waals surface area contributed by atoms with Gasteiger partial charge in [0.05, 0.1) is 18.7 Å². The lowest BCUT2D eigenvalue weighted by Crippen LogP contribution is -2.34. The summed E-state index contributed by atoms with van der Waals surface area (Å²) >= 11 is 0. The fraction of sp³-hybridized carbons (Fsp3) is 0.462. The molecule has 1 heterocycles. The monoisotopic (exact) mass is 265 g/mol. The summed E-state index contributed by atoms with van der Waals surface area (Å²) in [4.78, 5) is 30.4. The SMILES string of the molecule is CCOC(=O)c1ccc(N(C)CC(=O)N(C)C)nc1. The first-order chi connectivity index (χ1) is 8.95. The van der Waals surface area contributed by atoms with Gasteiger partial charge in [-0.3, -0.25) is 4.79 Å². The van der Waals surface area contributed by atoms with E-state index < -0.39 is 5.97 Å². The summed E-state index contributed by atoms with van der Waals surface area (Å²) in [6.07, 6.45) is 1.45. The zero-order valence-corrected chi connectivity index (χ0v) is 11.7. The number of aromatic nitrogens is 1. The number of likely N-dealkylation sites (N-methyl/N-ethyl adjacent to an activating group) is 2. The molecular formula is C13H19N3O3. The van der Waals surface area contributed by atoms with Crippen LogP contribution in [0.3, 0.4) is 0 Å². The zero-order chi connectivity index (χ0) is 14.4. The van der Waals surface area contributed by atoms with E-state index in [0.717, 1.165) is 0 Å². The summed E-state index contributed by atoms with van der Waals surface area (Å²) in [5.74, 6) is 0.218. The van der Waals surface area contributed by atoms with Crippen LogP contribution in [0.5, 0.6) is 0 Å². The van der Waals surface area contributed by atoms with Crippen molar-refractivity contribution in [3.8, 4) is 0 Å². The summed E-state index contributed by atoms with van der Waals surface area (Å²) in [5, 5.41) is 0. The number of nitrogens with zero attached hydrogens (tertiary/aromatic N) is 3. The molecule has 0 aliphatic heterocycles. The third-order valence-electron chi connectivity index (χ3n) is 2.52. The third kappa shape index (κ3) is 4.24. The number of ether oxygens (including phenoxy) is 1. The van der Waals surface area contributed by atoms with Crippen LogP contribution in [-0.2, 0) is 9.53 Å². The summed E-state index contributed by atoms with van der Waals surface area (Å²) in [5.41, 5.74) is 0.401. The Kier molecular flexibility index (Phi) is 5.29. The molecule has 0 radical (unpaired) electrons. The fourth-order valence-electron chi connectivity index (χ4n) is 1.37. The average Bonchev–Trinajstić information content (AvgIpc) is 2.39. The molecule has 6 nitrogen and oxygen atoms in total. The molecule has 1 amide bonds. The number of carbonyl (C=O) groups is 2. The van der Waals surface area contributed by atoms with Gasteiger partial charge in [0.1, 0.15) is 5.82 Å². The van der Waals surface area contributed by atoms with Crippen molar-refractivity contribution in [2.24, 2.45) is 0 Å². The maximum absolute atomic E-state index is 11.6. The Labute approximate surface area is 113 Å². The van der Waals surface area contributed by atoms with Crippen LogP contribution in [-0.4, -0.2) is 56.1 Å². The first-order valence-corrected chi connectivity index (χ1v) is 6.00. The molecule has 0 atom stereocenters. The van der Waals surface area contributed by atoms with Crippen molar-refractivity contribution < 1.29 is 14.3 Å². The van der Waals surface area contributed by atoms with Gasteiger partial charge in [-0.2, -0.15) is 0 Å². The van der Waals surface area contributed by atoms with Gasteiger partial charge in [-0.1, -0.05) is 0 Å².